The third-order valence-corrected chi connectivity index (χ3v) is 2.86. The highest BCUT2D eigenvalue weighted by Crippen LogP contribution is 2.31. The number of anilines is 2. The molecule has 0 spiro atoms. The summed E-state index contributed by atoms with van der Waals surface area (Å²) < 4.78 is 5.12. The van der Waals surface area contributed by atoms with Crippen molar-refractivity contribution in [3.05, 3.63) is 39.7 Å². The number of benzene rings is 1. The largest absolute Gasteiger partial charge is 0.491 e. The molecule has 1 aromatic carbocycles. The summed E-state index contributed by atoms with van der Waals surface area (Å²) in [7, 11) is 1.52. The molecule has 94 valence electrons. The molecule has 7 heteroatoms. The summed E-state index contributed by atoms with van der Waals surface area (Å²) in [5.74, 6) is 0.895. The lowest BCUT2D eigenvalue weighted by atomic mass is 10.3. The van der Waals surface area contributed by atoms with E-state index in [1.165, 1.54) is 13.3 Å². The number of ether oxygens (including phenoxy) is 1. The number of hydrogen-bond donors (Lipinski definition) is 1. The summed E-state index contributed by atoms with van der Waals surface area (Å²) in [4.78, 5) is 7.85. The molecule has 0 radical (unpaired) electrons. The van der Waals surface area contributed by atoms with Crippen molar-refractivity contribution < 1.29 is 4.74 Å². The SMILES string of the molecule is COc1cnc(Cl)nc1Nc1ccc(Cl)cc1Cl. The van der Waals surface area contributed by atoms with Gasteiger partial charge in [0.1, 0.15) is 0 Å². The lowest BCUT2D eigenvalue weighted by molar-refractivity contribution is 0.413. The van der Waals surface area contributed by atoms with E-state index in [0.717, 1.165) is 0 Å². The van der Waals surface area contributed by atoms with Gasteiger partial charge in [-0.05, 0) is 29.8 Å². The molecule has 1 N–H and O–H groups in total. The van der Waals surface area contributed by atoms with E-state index in [1.54, 1.807) is 18.2 Å². The topological polar surface area (TPSA) is 47.0 Å². The Morgan fingerprint density at radius 1 is 1.22 bits per heavy atom. The van der Waals surface area contributed by atoms with Gasteiger partial charge in [-0.1, -0.05) is 23.2 Å². The average molecular weight is 305 g/mol. The van der Waals surface area contributed by atoms with Crippen molar-refractivity contribution in [2.75, 3.05) is 12.4 Å². The van der Waals surface area contributed by atoms with Gasteiger partial charge in [-0.3, -0.25) is 0 Å². The Bertz CT molecular complexity index is 577. The van der Waals surface area contributed by atoms with Crippen LogP contribution in [0.25, 0.3) is 0 Å². The molecule has 4 nitrogen and oxygen atoms in total. The quantitative estimate of drug-likeness (QED) is 0.864. The number of aromatic nitrogens is 2. The second kappa shape index (κ2) is 5.61. The van der Waals surface area contributed by atoms with Crippen molar-refractivity contribution in [2.45, 2.75) is 0 Å². The van der Waals surface area contributed by atoms with Gasteiger partial charge in [0.25, 0.3) is 0 Å². The average Bonchev–Trinajstić information content (AvgIpc) is 2.33. The molecule has 0 amide bonds. The fourth-order valence-corrected chi connectivity index (χ4v) is 1.90. The summed E-state index contributed by atoms with van der Waals surface area (Å²) in [5, 5.41) is 4.15. The van der Waals surface area contributed by atoms with E-state index in [9.17, 15) is 0 Å². The molecule has 0 aliphatic carbocycles. The van der Waals surface area contributed by atoms with Crippen LogP contribution in [0.3, 0.4) is 0 Å². The van der Waals surface area contributed by atoms with Gasteiger partial charge in [0.2, 0.25) is 5.28 Å². The first-order valence-electron chi connectivity index (χ1n) is 4.89. The molecule has 0 fully saturated rings. The van der Waals surface area contributed by atoms with Gasteiger partial charge in [-0.15, -0.1) is 0 Å². The second-order valence-corrected chi connectivity index (χ2v) is 4.49. The van der Waals surface area contributed by atoms with Gasteiger partial charge < -0.3 is 10.1 Å². The Labute approximate surface area is 119 Å². The molecule has 0 unspecified atom stereocenters. The van der Waals surface area contributed by atoms with Gasteiger partial charge in [0, 0.05) is 5.02 Å². The molecule has 18 heavy (non-hydrogen) atoms. The fourth-order valence-electron chi connectivity index (χ4n) is 1.31. The molecule has 1 aromatic heterocycles. The molecule has 0 bridgehead atoms. The molecule has 0 saturated heterocycles. The fraction of sp³-hybridized carbons (Fsp3) is 0.0909. The molecular formula is C11H8Cl3N3O. The molecule has 0 aliphatic rings. The Morgan fingerprint density at radius 2 is 2.00 bits per heavy atom. The van der Waals surface area contributed by atoms with E-state index in [-0.39, 0.29) is 5.28 Å². The van der Waals surface area contributed by atoms with Crippen molar-refractivity contribution >= 4 is 46.3 Å². The van der Waals surface area contributed by atoms with E-state index in [0.29, 0.717) is 27.3 Å². The first kappa shape index (κ1) is 13.2. The van der Waals surface area contributed by atoms with Crippen LogP contribution in [-0.4, -0.2) is 17.1 Å². The number of nitrogens with one attached hydrogen (secondary N) is 1. The lowest BCUT2D eigenvalue weighted by Crippen LogP contribution is -1.99. The van der Waals surface area contributed by atoms with Crippen LogP contribution in [0, 0.1) is 0 Å². The summed E-state index contributed by atoms with van der Waals surface area (Å²) in [6.45, 7) is 0. The highest BCUT2D eigenvalue weighted by Gasteiger charge is 2.09. The van der Waals surface area contributed by atoms with Crippen molar-refractivity contribution in [2.24, 2.45) is 0 Å². The number of nitrogens with zero attached hydrogens (tertiary/aromatic N) is 2. The third-order valence-electron chi connectivity index (χ3n) is 2.13. The minimum atomic E-state index is 0.114. The zero-order valence-electron chi connectivity index (χ0n) is 9.25. The molecule has 1 heterocycles. The highest BCUT2D eigenvalue weighted by molar-refractivity contribution is 6.36. The Morgan fingerprint density at radius 3 is 2.67 bits per heavy atom. The van der Waals surface area contributed by atoms with Crippen LogP contribution >= 0.6 is 34.8 Å². The monoisotopic (exact) mass is 303 g/mol. The maximum absolute atomic E-state index is 6.05. The van der Waals surface area contributed by atoms with Crippen LogP contribution in [0.2, 0.25) is 15.3 Å². The van der Waals surface area contributed by atoms with Gasteiger partial charge in [-0.2, -0.15) is 4.98 Å². The molecule has 0 saturated carbocycles. The van der Waals surface area contributed by atoms with Gasteiger partial charge >= 0.3 is 0 Å². The number of methoxy groups -OCH3 is 1. The maximum atomic E-state index is 6.05. The van der Waals surface area contributed by atoms with Gasteiger partial charge in [0.15, 0.2) is 11.6 Å². The molecular weight excluding hydrogens is 296 g/mol. The highest BCUT2D eigenvalue weighted by atomic mass is 35.5. The first-order chi connectivity index (χ1) is 8.60. The molecule has 2 aromatic rings. The maximum Gasteiger partial charge on any atom is 0.224 e. The number of halogens is 3. The van der Waals surface area contributed by atoms with Gasteiger partial charge in [-0.25, -0.2) is 4.98 Å². The normalized spacial score (nSPS) is 10.2. The molecule has 0 aliphatic heterocycles. The van der Waals surface area contributed by atoms with Crippen molar-refractivity contribution in [3.8, 4) is 5.75 Å². The summed E-state index contributed by atoms with van der Waals surface area (Å²) in [5.41, 5.74) is 0.647. The third kappa shape index (κ3) is 2.96. The van der Waals surface area contributed by atoms with Crippen LogP contribution < -0.4 is 10.1 Å². The van der Waals surface area contributed by atoms with E-state index < -0.39 is 0 Å². The minimum absolute atomic E-state index is 0.114. The van der Waals surface area contributed by atoms with E-state index in [1.807, 2.05) is 0 Å². The molecule has 2 rings (SSSR count). The summed E-state index contributed by atoms with van der Waals surface area (Å²) in [6.07, 6.45) is 1.47. The van der Waals surface area contributed by atoms with Crippen LogP contribution in [0.4, 0.5) is 11.5 Å². The number of rotatable bonds is 3. The van der Waals surface area contributed by atoms with Crippen LogP contribution in [0.5, 0.6) is 5.75 Å². The van der Waals surface area contributed by atoms with E-state index >= 15 is 0 Å². The van der Waals surface area contributed by atoms with E-state index in [4.69, 9.17) is 39.5 Å². The summed E-state index contributed by atoms with van der Waals surface area (Å²) in [6, 6.07) is 5.08. The Balaban J connectivity index is 2.36. The zero-order valence-corrected chi connectivity index (χ0v) is 11.5. The predicted octanol–water partition coefficient (Wildman–Crippen LogP) is 4.19. The zero-order chi connectivity index (χ0) is 13.1. The second-order valence-electron chi connectivity index (χ2n) is 3.31. The van der Waals surface area contributed by atoms with Gasteiger partial charge in [0.05, 0.1) is 24.0 Å². The standard InChI is InChI=1S/C11H8Cl3N3O/c1-18-9-5-15-11(14)17-10(9)16-8-3-2-6(12)4-7(8)13/h2-5H,1H3,(H,15,16,17). The lowest BCUT2D eigenvalue weighted by Gasteiger charge is -2.11. The molecule has 0 atom stereocenters. The van der Waals surface area contributed by atoms with E-state index in [2.05, 4.69) is 15.3 Å². The van der Waals surface area contributed by atoms with Crippen LogP contribution in [-0.2, 0) is 0 Å². The van der Waals surface area contributed by atoms with Crippen molar-refractivity contribution in [1.29, 1.82) is 0 Å². The minimum Gasteiger partial charge on any atom is -0.491 e. The van der Waals surface area contributed by atoms with Crippen molar-refractivity contribution in [3.63, 3.8) is 0 Å². The Kier molecular flexibility index (Phi) is 4.11. The predicted molar refractivity (Wildman–Crippen MR) is 73.3 cm³/mol. The van der Waals surface area contributed by atoms with Crippen LogP contribution in [0.15, 0.2) is 24.4 Å². The Hall–Kier alpha value is -1.23. The van der Waals surface area contributed by atoms with Crippen LogP contribution in [0.1, 0.15) is 0 Å². The van der Waals surface area contributed by atoms with Crippen molar-refractivity contribution in [1.82, 2.24) is 9.97 Å². The number of hydrogen-bond acceptors (Lipinski definition) is 4. The summed E-state index contributed by atoms with van der Waals surface area (Å²) >= 11 is 17.6. The smallest absolute Gasteiger partial charge is 0.224 e. The first-order valence-corrected chi connectivity index (χ1v) is 6.02.